The van der Waals surface area contributed by atoms with E-state index in [1.54, 1.807) is 6.07 Å². The highest BCUT2D eigenvalue weighted by Gasteiger charge is 2.24. The standard InChI is InChI=1S/C23H39N5O3/c1-8-13-25-19(29)18-12-10-11-17(14-18)15-26-20(24-9-2)27-16-23(6,7)28-21(30)31-22(3,4)5/h10-12,14H,8-9,13,15-16H2,1-7H3,(H,25,29)(H,28,30)(H2,24,26,27). The number of guanidine groups is 1. The van der Waals surface area contributed by atoms with Gasteiger partial charge in [0, 0.05) is 25.2 Å². The molecule has 1 rings (SSSR count). The Morgan fingerprint density at radius 1 is 1.03 bits per heavy atom. The number of nitrogens with zero attached hydrogens (tertiary/aromatic N) is 1. The number of nitrogens with one attached hydrogen (secondary N) is 4. The molecule has 1 aromatic carbocycles. The van der Waals surface area contributed by atoms with Gasteiger partial charge < -0.3 is 26.0 Å². The summed E-state index contributed by atoms with van der Waals surface area (Å²) in [6.07, 6.45) is 0.437. The molecule has 0 heterocycles. The van der Waals surface area contributed by atoms with E-state index in [4.69, 9.17) is 4.74 Å². The molecule has 8 heteroatoms. The van der Waals surface area contributed by atoms with Crippen LogP contribution in [0.5, 0.6) is 0 Å². The van der Waals surface area contributed by atoms with Crippen LogP contribution in [0.25, 0.3) is 0 Å². The van der Waals surface area contributed by atoms with Gasteiger partial charge in [-0.3, -0.25) is 4.79 Å². The third kappa shape index (κ3) is 11.3. The molecule has 174 valence electrons. The number of carbonyl (C=O) groups is 2. The van der Waals surface area contributed by atoms with E-state index in [1.165, 1.54) is 0 Å². The zero-order valence-corrected chi connectivity index (χ0v) is 20.0. The minimum Gasteiger partial charge on any atom is -0.444 e. The second kappa shape index (κ2) is 12.2. The average molecular weight is 434 g/mol. The Balaban J connectivity index is 2.73. The third-order valence-electron chi connectivity index (χ3n) is 4.03. The van der Waals surface area contributed by atoms with Gasteiger partial charge in [0.2, 0.25) is 0 Å². The van der Waals surface area contributed by atoms with Crippen molar-refractivity contribution in [1.29, 1.82) is 0 Å². The Morgan fingerprint density at radius 2 is 1.74 bits per heavy atom. The van der Waals surface area contributed by atoms with E-state index in [1.807, 2.05) is 66.7 Å². The maximum Gasteiger partial charge on any atom is 0.408 e. The molecule has 2 amide bonds. The number of aliphatic imine (C=N–C) groups is 1. The van der Waals surface area contributed by atoms with Crippen LogP contribution in [-0.2, 0) is 11.3 Å². The number of amides is 2. The van der Waals surface area contributed by atoms with Gasteiger partial charge in [-0.25, -0.2) is 9.79 Å². The van der Waals surface area contributed by atoms with E-state index < -0.39 is 17.2 Å². The second-order valence-electron chi connectivity index (χ2n) is 9.02. The predicted octanol–water partition coefficient (Wildman–Crippen LogP) is 3.18. The molecule has 0 saturated heterocycles. The zero-order valence-electron chi connectivity index (χ0n) is 20.0. The Kier molecular flexibility index (Phi) is 10.3. The van der Waals surface area contributed by atoms with Crippen LogP contribution in [0.1, 0.15) is 70.8 Å². The number of hydrogen-bond acceptors (Lipinski definition) is 4. The van der Waals surface area contributed by atoms with E-state index in [2.05, 4.69) is 26.3 Å². The smallest absolute Gasteiger partial charge is 0.408 e. The lowest BCUT2D eigenvalue weighted by molar-refractivity contribution is 0.0473. The van der Waals surface area contributed by atoms with Crippen LogP contribution in [0.15, 0.2) is 29.3 Å². The number of carbonyl (C=O) groups excluding carboxylic acids is 2. The molecule has 0 aromatic heterocycles. The summed E-state index contributed by atoms with van der Waals surface area (Å²) in [5.41, 5.74) is 0.469. The summed E-state index contributed by atoms with van der Waals surface area (Å²) >= 11 is 0. The van der Waals surface area contributed by atoms with Gasteiger partial charge in [0.25, 0.3) is 5.91 Å². The largest absolute Gasteiger partial charge is 0.444 e. The summed E-state index contributed by atoms with van der Waals surface area (Å²) in [4.78, 5) is 28.8. The summed E-state index contributed by atoms with van der Waals surface area (Å²) in [5, 5.41) is 12.2. The highest BCUT2D eigenvalue weighted by Crippen LogP contribution is 2.09. The lowest BCUT2D eigenvalue weighted by atomic mass is 10.1. The van der Waals surface area contributed by atoms with Crippen LogP contribution in [0, 0.1) is 0 Å². The molecular formula is C23H39N5O3. The fourth-order valence-electron chi connectivity index (χ4n) is 2.59. The molecule has 4 N–H and O–H groups in total. The summed E-state index contributed by atoms with van der Waals surface area (Å²) in [7, 11) is 0. The van der Waals surface area contributed by atoms with Crippen molar-refractivity contribution in [1.82, 2.24) is 21.3 Å². The first-order chi connectivity index (χ1) is 14.5. The van der Waals surface area contributed by atoms with Gasteiger partial charge in [-0.2, -0.15) is 0 Å². The minimum atomic E-state index is -0.550. The van der Waals surface area contributed by atoms with E-state index in [9.17, 15) is 9.59 Å². The molecule has 0 unspecified atom stereocenters. The van der Waals surface area contributed by atoms with Gasteiger partial charge >= 0.3 is 6.09 Å². The first kappa shape index (κ1) is 26.3. The molecule has 0 fully saturated rings. The molecule has 0 spiro atoms. The third-order valence-corrected chi connectivity index (χ3v) is 4.03. The highest BCUT2D eigenvalue weighted by molar-refractivity contribution is 5.94. The summed E-state index contributed by atoms with van der Waals surface area (Å²) in [6.45, 7) is 15.5. The summed E-state index contributed by atoms with van der Waals surface area (Å²) < 4.78 is 5.33. The van der Waals surface area contributed by atoms with Crippen LogP contribution >= 0.6 is 0 Å². The van der Waals surface area contributed by atoms with Crippen LogP contribution in [-0.4, -0.2) is 48.7 Å². The topological polar surface area (TPSA) is 104 Å². The molecule has 0 aliphatic rings. The molecule has 0 aliphatic carbocycles. The van der Waals surface area contributed by atoms with Gasteiger partial charge in [0.15, 0.2) is 5.96 Å². The van der Waals surface area contributed by atoms with Crippen molar-refractivity contribution in [3.05, 3.63) is 35.4 Å². The number of rotatable bonds is 9. The molecule has 8 nitrogen and oxygen atoms in total. The van der Waals surface area contributed by atoms with Gasteiger partial charge in [0.1, 0.15) is 5.60 Å². The molecule has 31 heavy (non-hydrogen) atoms. The van der Waals surface area contributed by atoms with Gasteiger partial charge in [-0.05, 0) is 65.7 Å². The van der Waals surface area contributed by atoms with Gasteiger partial charge in [0.05, 0.1) is 12.1 Å². The second-order valence-corrected chi connectivity index (χ2v) is 9.02. The predicted molar refractivity (Wildman–Crippen MR) is 125 cm³/mol. The quantitative estimate of drug-likeness (QED) is 0.354. The minimum absolute atomic E-state index is 0.0762. The first-order valence-electron chi connectivity index (χ1n) is 10.9. The molecule has 0 atom stereocenters. The van der Waals surface area contributed by atoms with Crippen molar-refractivity contribution in [3.8, 4) is 0 Å². The molecule has 0 bridgehead atoms. The number of benzene rings is 1. The fourth-order valence-corrected chi connectivity index (χ4v) is 2.59. The van der Waals surface area contributed by atoms with Crippen molar-refractivity contribution in [2.45, 2.75) is 72.6 Å². The van der Waals surface area contributed by atoms with Crippen LogP contribution < -0.4 is 21.3 Å². The fraction of sp³-hybridized carbons (Fsp3) is 0.609. The lowest BCUT2D eigenvalue weighted by Crippen LogP contribution is -2.54. The Labute approximate surface area is 186 Å². The lowest BCUT2D eigenvalue weighted by Gasteiger charge is -2.29. The van der Waals surface area contributed by atoms with Gasteiger partial charge in [-0.1, -0.05) is 19.1 Å². The van der Waals surface area contributed by atoms with Crippen molar-refractivity contribution in [2.75, 3.05) is 19.6 Å². The maximum atomic E-state index is 12.2. The maximum absolute atomic E-state index is 12.2. The van der Waals surface area contributed by atoms with Crippen LogP contribution in [0.3, 0.4) is 0 Å². The monoisotopic (exact) mass is 433 g/mol. The van der Waals surface area contributed by atoms with Crippen LogP contribution in [0.2, 0.25) is 0 Å². The SMILES string of the molecule is CCCNC(=O)c1cccc(CN=C(NCC)NCC(C)(C)NC(=O)OC(C)(C)C)c1. The normalized spacial score (nSPS) is 12.2. The average Bonchev–Trinajstić information content (AvgIpc) is 2.66. The number of alkyl carbamates (subject to hydrolysis) is 1. The van der Waals surface area contributed by atoms with E-state index >= 15 is 0 Å². The molecule has 0 saturated carbocycles. The molecule has 0 aliphatic heterocycles. The van der Waals surface area contributed by atoms with E-state index in [-0.39, 0.29) is 5.91 Å². The zero-order chi connectivity index (χ0) is 23.5. The first-order valence-corrected chi connectivity index (χ1v) is 10.9. The van der Waals surface area contributed by atoms with Crippen molar-refractivity contribution < 1.29 is 14.3 Å². The number of ether oxygens (including phenoxy) is 1. The van der Waals surface area contributed by atoms with E-state index in [0.717, 1.165) is 12.0 Å². The molecule has 1 aromatic rings. The highest BCUT2D eigenvalue weighted by atomic mass is 16.6. The summed E-state index contributed by atoms with van der Waals surface area (Å²) in [5.74, 6) is 0.551. The summed E-state index contributed by atoms with van der Waals surface area (Å²) in [6, 6.07) is 7.45. The van der Waals surface area contributed by atoms with E-state index in [0.29, 0.717) is 37.7 Å². The van der Waals surface area contributed by atoms with Crippen molar-refractivity contribution in [2.24, 2.45) is 4.99 Å². The Morgan fingerprint density at radius 3 is 2.35 bits per heavy atom. The molecular weight excluding hydrogens is 394 g/mol. The van der Waals surface area contributed by atoms with Crippen LogP contribution in [0.4, 0.5) is 4.79 Å². The van der Waals surface area contributed by atoms with Gasteiger partial charge in [-0.15, -0.1) is 0 Å². The van der Waals surface area contributed by atoms with Crippen molar-refractivity contribution in [3.63, 3.8) is 0 Å². The van der Waals surface area contributed by atoms with Crippen molar-refractivity contribution >= 4 is 18.0 Å². The number of hydrogen-bond donors (Lipinski definition) is 4. The molecule has 0 radical (unpaired) electrons. The Hall–Kier alpha value is -2.77. The Bertz CT molecular complexity index is 754.